The van der Waals surface area contributed by atoms with E-state index in [9.17, 15) is 4.79 Å². The smallest absolute Gasteiger partial charge is 0.227 e. The second-order valence-electron chi connectivity index (χ2n) is 3.14. The van der Waals surface area contributed by atoms with Crippen molar-refractivity contribution in [2.24, 2.45) is 5.16 Å². The number of nitriles is 1. The molecule has 0 bridgehead atoms. The Morgan fingerprint density at radius 2 is 2.19 bits per heavy atom. The third-order valence-corrected chi connectivity index (χ3v) is 2.25. The van der Waals surface area contributed by atoms with Crippen LogP contribution < -0.4 is 0 Å². The lowest BCUT2D eigenvalue weighted by Crippen LogP contribution is -2.11. The van der Waals surface area contributed by atoms with Gasteiger partial charge in [-0.2, -0.15) is 5.26 Å². The van der Waals surface area contributed by atoms with Gasteiger partial charge in [0.1, 0.15) is 6.07 Å². The molecule has 0 unspecified atom stereocenters. The molecule has 0 atom stereocenters. The molecule has 0 aliphatic rings. The number of benzene rings is 1. The predicted octanol–water partition coefficient (Wildman–Crippen LogP) is 1.70. The van der Waals surface area contributed by atoms with E-state index in [2.05, 4.69) is 10.1 Å². The number of rotatable bonds is 2. The third-order valence-electron chi connectivity index (χ3n) is 2.25. The van der Waals surface area contributed by atoms with Crippen molar-refractivity contribution in [2.45, 2.75) is 0 Å². The van der Waals surface area contributed by atoms with Crippen LogP contribution in [-0.2, 0) is 0 Å². The number of hydrogen-bond donors (Lipinski definition) is 2. The van der Waals surface area contributed by atoms with Gasteiger partial charge in [0.2, 0.25) is 11.5 Å². The number of aromatic nitrogens is 1. The number of para-hydroxylation sites is 1. The Hall–Kier alpha value is -2.61. The Morgan fingerprint density at radius 3 is 2.88 bits per heavy atom. The normalized spacial score (nSPS) is 11.3. The summed E-state index contributed by atoms with van der Waals surface area (Å²) in [5, 5.41) is 20.5. The molecule has 1 aromatic carbocycles. The molecule has 1 aromatic heterocycles. The first-order valence-electron chi connectivity index (χ1n) is 4.51. The van der Waals surface area contributed by atoms with Gasteiger partial charge in [-0.3, -0.25) is 4.79 Å². The molecule has 0 radical (unpaired) electrons. The van der Waals surface area contributed by atoms with E-state index in [4.69, 9.17) is 10.5 Å². The maximum Gasteiger partial charge on any atom is 0.227 e. The number of aromatic amines is 1. The topological polar surface area (TPSA) is 89.2 Å². The lowest BCUT2D eigenvalue weighted by Gasteiger charge is -1.94. The molecule has 2 aromatic rings. The lowest BCUT2D eigenvalue weighted by atomic mass is 10.1. The summed E-state index contributed by atoms with van der Waals surface area (Å²) in [5.41, 5.74) is 0.593. The van der Waals surface area contributed by atoms with Crippen molar-refractivity contribution in [3.05, 3.63) is 36.0 Å². The van der Waals surface area contributed by atoms with Crippen LogP contribution >= 0.6 is 0 Å². The van der Waals surface area contributed by atoms with Crippen LogP contribution in [0.1, 0.15) is 10.4 Å². The van der Waals surface area contributed by atoms with Crippen molar-refractivity contribution < 1.29 is 10.0 Å². The highest BCUT2D eigenvalue weighted by molar-refractivity contribution is 6.52. The van der Waals surface area contributed by atoms with Gasteiger partial charge in [0, 0.05) is 17.1 Å². The van der Waals surface area contributed by atoms with E-state index in [0.29, 0.717) is 10.9 Å². The van der Waals surface area contributed by atoms with Gasteiger partial charge in [0.05, 0.1) is 5.56 Å². The molecule has 0 spiro atoms. The highest BCUT2D eigenvalue weighted by atomic mass is 16.4. The third kappa shape index (κ3) is 1.42. The average molecular weight is 213 g/mol. The Kier molecular flexibility index (Phi) is 2.40. The van der Waals surface area contributed by atoms with Crippen molar-refractivity contribution in [2.75, 3.05) is 0 Å². The summed E-state index contributed by atoms with van der Waals surface area (Å²) < 4.78 is 0. The fourth-order valence-electron chi connectivity index (χ4n) is 1.51. The van der Waals surface area contributed by atoms with Gasteiger partial charge in [-0.25, -0.2) is 0 Å². The number of oxime groups is 1. The molecule has 0 saturated heterocycles. The molecule has 5 heteroatoms. The average Bonchev–Trinajstić information content (AvgIpc) is 2.74. The first kappa shape index (κ1) is 9.93. The molecular weight excluding hydrogens is 206 g/mol. The summed E-state index contributed by atoms with van der Waals surface area (Å²) >= 11 is 0. The van der Waals surface area contributed by atoms with Crippen LogP contribution in [0.2, 0.25) is 0 Å². The van der Waals surface area contributed by atoms with Crippen molar-refractivity contribution in [3.63, 3.8) is 0 Å². The SMILES string of the molecule is N#C/C(=N\O)C(=O)c1c[nH]c2ccccc12. The summed E-state index contributed by atoms with van der Waals surface area (Å²) in [5.74, 6) is -0.595. The van der Waals surface area contributed by atoms with E-state index in [1.165, 1.54) is 6.20 Å². The Bertz CT molecular complexity index is 619. The van der Waals surface area contributed by atoms with Crippen LogP contribution in [0, 0.1) is 11.3 Å². The number of nitrogens with one attached hydrogen (secondary N) is 1. The van der Waals surface area contributed by atoms with Crippen LogP contribution in [-0.4, -0.2) is 21.7 Å². The summed E-state index contributed by atoms with van der Waals surface area (Å²) in [6.45, 7) is 0. The predicted molar refractivity (Wildman–Crippen MR) is 57.5 cm³/mol. The molecule has 0 aliphatic heterocycles. The van der Waals surface area contributed by atoms with Gasteiger partial charge >= 0.3 is 0 Å². The Labute approximate surface area is 90.6 Å². The van der Waals surface area contributed by atoms with Crippen LogP contribution in [0.15, 0.2) is 35.6 Å². The van der Waals surface area contributed by atoms with Crippen molar-refractivity contribution >= 4 is 22.4 Å². The molecule has 1 heterocycles. The molecule has 0 amide bonds. The number of fused-ring (bicyclic) bond motifs is 1. The zero-order chi connectivity index (χ0) is 11.5. The molecular formula is C11H7N3O2. The molecule has 0 fully saturated rings. The molecule has 5 nitrogen and oxygen atoms in total. The highest BCUT2D eigenvalue weighted by Gasteiger charge is 2.17. The summed E-state index contributed by atoms with van der Waals surface area (Å²) in [6, 6.07) is 8.73. The second kappa shape index (κ2) is 3.87. The Balaban J connectivity index is 2.57. The van der Waals surface area contributed by atoms with Gasteiger partial charge in [0.25, 0.3) is 0 Å². The molecule has 2 rings (SSSR count). The van der Waals surface area contributed by atoms with Crippen LogP contribution in [0.3, 0.4) is 0 Å². The fraction of sp³-hybridized carbons (Fsp3) is 0. The summed E-state index contributed by atoms with van der Waals surface area (Å²) in [7, 11) is 0. The number of carbonyl (C=O) groups is 1. The van der Waals surface area contributed by atoms with Gasteiger partial charge in [-0.05, 0) is 6.07 Å². The fourth-order valence-corrected chi connectivity index (χ4v) is 1.51. The molecule has 16 heavy (non-hydrogen) atoms. The van der Waals surface area contributed by atoms with Crippen molar-refractivity contribution in [3.8, 4) is 6.07 Å². The largest absolute Gasteiger partial charge is 0.410 e. The van der Waals surface area contributed by atoms with E-state index >= 15 is 0 Å². The monoisotopic (exact) mass is 213 g/mol. The number of Topliss-reactive ketones (excluding diaryl/α,β-unsaturated/α-hetero) is 1. The molecule has 2 N–H and O–H groups in total. The van der Waals surface area contributed by atoms with Gasteiger partial charge in [-0.1, -0.05) is 23.4 Å². The lowest BCUT2D eigenvalue weighted by molar-refractivity contribution is 0.106. The first-order valence-corrected chi connectivity index (χ1v) is 4.51. The van der Waals surface area contributed by atoms with Crippen LogP contribution in [0.5, 0.6) is 0 Å². The van der Waals surface area contributed by atoms with Crippen LogP contribution in [0.25, 0.3) is 10.9 Å². The number of H-pyrrole nitrogens is 1. The van der Waals surface area contributed by atoms with Gasteiger partial charge in [-0.15, -0.1) is 0 Å². The molecule has 78 valence electrons. The standard InChI is InChI=1S/C11H7N3O2/c12-5-10(14-16)11(15)8-6-13-9-4-2-1-3-7(8)9/h1-4,6,13,16H/b14-10+. The second-order valence-corrected chi connectivity index (χ2v) is 3.14. The number of carbonyl (C=O) groups excluding carboxylic acids is 1. The first-order chi connectivity index (χ1) is 7.77. The van der Waals surface area contributed by atoms with Crippen LogP contribution in [0.4, 0.5) is 0 Å². The van der Waals surface area contributed by atoms with Crippen molar-refractivity contribution in [1.29, 1.82) is 5.26 Å². The van der Waals surface area contributed by atoms with E-state index in [0.717, 1.165) is 5.52 Å². The number of ketones is 1. The minimum Gasteiger partial charge on any atom is -0.410 e. The maximum absolute atomic E-state index is 11.7. The minimum absolute atomic E-state index is 0.324. The van der Waals surface area contributed by atoms with E-state index < -0.39 is 11.5 Å². The highest BCUT2D eigenvalue weighted by Crippen LogP contribution is 2.18. The van der Waals surface area contributed by atoms with Gasteiger partial charge in [0.15, 0.2) is 0 Å². The maximum atomic E-state index is 11.7. The molecule has 0 aliphatic carbocycles. The Morgan fingerprint density at radius 1 is 1.44 bits per heavy atom. The van der Waals surface area contributed by atoms with E-state index in [1.54, 1.807) is 18.2 Å². The zero-order valence-electron chi connectivity index (χ0n) is 8.14. The summed E-state index contributed by atoms with van der Waals surface area (Å²) in [6.07, 6.45) is 1.50. The molecule has 0 saturated carbocycles. The number of nitrogens with zero attached hydrogens (tertiary/aromatic N) is 2. The zero-order valence-corrected chi connectivity index (χ0v) is 8.14. The van der Waals surface area contributed by atoms with E-state index in [1.807, 2.05) is 12.1 Å². The van der Waals surface area contributed by atoms with Crippen molar-refractivity contribution in [1.82, 2.24) is 4.98 Å². The van der Waals surface area contributed by atoms with Gasteiger partial charge < -0.3 is 10.2 Å². The quantitative estimate of drug-likeness (QED) is 0.344. The minimum atomic E-state index is -0.595. The number of hydrogen-bond acceptors (Lipinski definition) is 4. The summed E-state index contributed by atoms with van der Waals surface area (Å²) in [4.78, 5) is 14.7. The van der Waals surface area contributed by atoms with E-state index in [-0.39, 0.29) is 0 Å².